The number of halogens is 1. The first-order chi connectivity index (χ1) is 7.52. The molecule has 0 bridgehead atoms. The number of aryl methyl sites for hydroxylation is 1. The Labute approximate surface area is 109 Å². The average Bonchev–Trinajstić information content (AvgIpc) is 2.25. The van der Waals surface area contributed by atoms with Crippen LogP contribution in [0, 0.1) is 13.8 Å². The Bertz CT molecular complexity index is 377. The Balaban J connectivity index is 3.29. The summed E-state index contributed by atoms with van der Waals surface area (Å²) in [4.78, 5) is 0. The van der Waals surface area contributed by atoms with Gasteiger partial charge in [0.05, 0.1) is 7.11 Å². The number of rotatable bonds is 4. The highest BCUT2D eigenvalue weighted by Gasteiger charge is 2.17. The molecule has 1 nitrogen and oxygen atoms in total. The summed E-state index contributed by atoms with van der Waals surface area (Å²) in [6.45, 7) is 6.25. The zero-order chi connectivity index (χ0) is 12.3. The Morgan fingerprint density at radius 3 is 2.56 bits per heavy atom. The van der Waals surface area contributed by atoms with Crippen LogP contribution in [0.4, 0.5) is 0 Å². The van der Waals surface area contributed by atoms with Crippen LogP contribution >= 0.6 is 24.2 Å². The fourth-order valence-corrected chi connectivity index (χ4v) is 2.60. The van der Waals surface area contributed by atoms with Gasteiger partial charge < -0.3 is 4.74 Å². The van der Waals surface area contributed by atoms with Gasteiger partial charge in [-0.25, -0.2) is 0 Å². The van der Waals surface area contributed by atoms with Crippen molar-refractivity contribution in [2.24, 2.45) is 0 Å². The number of ether oxygens (including phenoxy) is 1. The van der Waals surface area contributed by atoms with Gasteiger partial charge in [0.25, 0.3) is 0 Å². The zero-order valence-electron chi connectivity index (χ0n) is 10.3. The molecule has 90 valence electrons. The van der Waals surface area contributed by atoms with E-state index < -0.39 is 0 Å². The second-order valence-electron chi connectivity index (χ2n) is 4.16. The van der Waals surface area contributed by atoms with Crippen LogP contribution in [-0.2, 0) is 0 Å². The highest BCUT2D eigenvalue weighted by molar-refractivity contribution is 7.80. The first kappa shape index (κ1) is 13.7. The maximum atomic E-state index is 6.28. The summed E-state index contributed by atoms with van der Waals surface area (Å²) >= 11 is 10.6. The van der Waals surface area contributed by atoms with Crippen molar-refractivity contribution >= 4 is 24.2 Å². The minimum atomic E-state index is 0.422. The summed E-state index contributed by atoms with van der Waals surface area (Å²) in [5.41, 5.74) is 3.41. The molecule has 1 unspecified atom stereocenters. The maximum Gasteiger partial charge on any atom is 0.122 e. The van der Waals surface area contributed by atoms with Gasteiger partial charge in [-0.3, -0.25) is 0 Å². The van der Waals surface area contributed by atoms with Gasteiger partial charge in [-0.15, -0.1) is 0 Å². The molecule has 1 aromatic carbocycles. The van der Waals surface area contributed by atoms with Crippen LogP contribution < -0.4 is 4.74 Å². The minimum absolute atomic E-state index is 0.422. The first-order valence-corrected chi connectivity index (χ1v) is 6.48. The lowest BCUT2D eigenvalue weighted by molar-refractivity contribution is 0.405. The Morgan fingerprint density at radius 2 is 2.06 bits per heavy atom. The van der Waals surface area contributed by atoms with E-state index in [0.717, 1.165) is 34.1 Å². The minimum Gasteiger partial charge on any atom is -0.496 e. The van der Waals surface area contributed by atoms with Crippen LogP contribution in [0.15, 0.2) is 6.07 Å². The predicted octanol–water partition coefficient (Wildman–Crippen LogP) is 4.39. The van der Waals surface area contributed by atoms with Crippen LogP contribution in [0.5, 0.6) is 5.75 Å². The van der Waals surface area contributed by atoms with Crippen molar-refractivity contribution in [3.8, 4) is 5.75 Å². The van der Waals surface area contributed by atoms with Crippen LogP contribution in [0.3, 0.4) is 0 Å². The fraction of sp³-hybridized carbons (Fsp3) is 0.538. The molecule has 0 fully saturated rings. The number of hydrogen-bond acceptors (Lipinski definition) is 2. The molecule has 0 saturated carbocycles. The summed E-state index contributed by atoms with van der Waals surface area (Å²) in [7, 11) is 1.71. The summed E-state index contributed by atoms with van der Waals surface area (Å²) in [6, 6.07) is 2.01. The molecule has 16 heavy (non-hydrogen) atoms. The molecule has 3 heteroatoms. The molecule has 0 saturated heterocycles. The second kappa shape index (κ2) is 5.83. The van der Waals surface area contributed by atoms with Gasteiger partial charge in [-0.05, 0) is 49.1 Å². The first-order valence-electron chi connectivity index (χ1n) is 5.47. The molecule has 0 radical (unpaired) electrons. The van der Waals surface area contributed by atoms with Gasteiger partial charge in [0.2, 0.25) is 0 Å². The van der Waals surface area contributed by atoms with Gasteiger partial charge >= 0.3 is 0 Å². The standard InChI is InChI=1S/C13H19ClOS/c1-8(5-6-16)12-10(3)13(14)9(2)7-11(12)15-4/h7-8,16H,5-6H2,1-4H3. The molecule has 1 rings (SSSR count). The molecule has 0 aliphatic rings. The van der Waals surface area contributed by atoms with E-state index in [9.17, 15) is 0 Å². The number of hydrogen-bond donors (Lipinski definition) is 1. The smallest absolute Gasteiger partial charge is 0.122 e. The highest BCUT2D eigenvalue weighted by Crippen LogP contribution is 2.37. The third kappa shape index (κ3) is 2.67. The van der Waals surface area contributed by atoms with Crippen molar-refractivity contribution in [2.45, 2.75) is 33.1 Å². The zero-order valence-corrected chi connectivity index (χ0v) is 12.0. The molecule has 0 N–H and O–H groups in total. The van der Waals surface area contributed by atoms with Crippen LogP contribution in [0.1, 0.15) is 36.0 Å². The topological polar surface area (TPSA) is 9.23 Å². The average molecular weight is 259 g/mol. The van der Waals surface area contributed by atoms with Crippen molar-refractivity contribution in [2.75, 3.05) is 12.9 Å². The van der Waals surface area contributed by atoms with E-state index in [0.29, 0.717) is 5.92 Å². The summed E-state index contributed by atoms with van der Waals surface area (Å²) in [6.07, 6.45) is 1.03. The number of methoxy groups -OCH3 is 1. The fourth-order valence-electron chi connectivity index (χ4n) is 2.06. The SMILES string of the molecule is COc1cc(C)c(Cl)c(C)c1C(C)CCS. The quantitative estimate of drug-likeness (QED) is 0.788. The van der Waals surface area contributed by atoms with Crippen molar-refractivity contribution in [3.63, 3.8) is 0 Å². The molecule has 1 atom stereocenters. The lowest BCUT2D eigenvalue weighted by Crippen LogP contribution is -2.03. The van der Waals surface area contributed by atoms with Gasteiger partial charge in [-0.1, -0.05) is 18.5 Å². The Hall–Kier alpha value is -0.340. The molecule has 0 aliphatic carbocycles. The molecule has 1 aromatic rings. The summed E-state index contributed by atoms with van der Waals surface area (Å²) in [5.74, 6) is 2.23. The van der Waals surface area contributed by atoms with E-state index in [2.05, 4.69) is 26.5 Å². The monoisotopic (exact) mass is 258 g/mol. The summed E-state index contributed by atoms with van der Waals surface area (Å²) < 4.78 is 5.45. The van der Waals surface area contributed by atoms with Crippen molar-refractivity contribution in [1.82, 2.24) is 0 Å². The molecular weight excluding hydrogens is 240 g/mol. The van der Waals surface area contributed by atoms with E-state index >= 15 is 0 Å². The number of thiol groups is 1. The van der Waals surface area contributed by atoms with E-state index in [1.807, 2.05) is 13.0 Å². The largest absolute Gasteiger partial charge is 0.496 e. The van der Waals surface area contributed by atoms with Crippen LogP contribution in [0.25, 0.3) is 0 Å². The van der Waals surface area contributed by atoms with Crippen LogP contribution in [0.2, 0.25) is 5.02 Å². The van der Waals surface area contributed by atoms with Gasteiger partial charge in [-0.2, -0.15) is 12.6 Å². The van der Waals surface area contributed by atoms with E-state index in [-0.39, 0.29) is 0 Å². The second-order valence-corrected chi connectivity index (χ2v) is 4.99. The van der Waals surface area contributed by atoms with E-state index in [4.69, 9.17) is 16.3 Å². The van der Waals surface area contributed by atoms with Crippen molar-refractivity contribution in [1.29, 1.82) is 0 Å². The van der Waals surface area contributed by atoms with Gasteiger partial charge in [0, 0.05) is 10.6 Å². The van der Waals surface area contributed by atoms with Gasteiger partial charge in [0.15, 0.2) is 0 Å². The van der Waals surface area contributed by atoms with Crippen molar-refractivity contribution < 1.29 is 4.74 Å². The lowest BCUT2D eigenvalue weighted by Gasteiger charge is -2.20. The summed E-state index contributed by atoms with van der Waals surface area (Å²) in [5, 5.41) is 0.849. The third-order valence-electron chi connectivity index (χ3n) is 2.97. The van der Waals surface area contributed by atoms with Gasteiger partial charge in [0.1, 0.15) is 5.75 Å². The molecule has 0 aliphatic heterocycles. The molecular formula is C13H19ClOS. The molecule has 0 spiro atoms. The Morgan fingerprint density at radius 1 is 1.44 bits per heavy atom. The highest BCUT2D eigenvalue weighted by atomic mass is 35.5. The molecule has 0 amide bonds. The predicted molar refractivity (Wildman–Crippen MR) is 74.4 cm³/mol. The Kier molecular flexibility index (Phi) is 5.00. The molecule has 0 aromatic heterocycles. The maximum absolute atomic E-state index is 6.28. The van der Waals surface area contributed by atoms with Crippen LogP contribution in [-0.4, -0.2) is 12.9 Å². The van der Waals surface area contributed by atoms with E-state index in [1.165, 1.54) is 5.56 Å². The molecule has 0 heterocycles. The lowest BCUT2D eigenvalue weighted by atomic mass is 9.92. The van der Waals surface area contributed by atoms with Crippen molar-refractivity contribution in [3.05, 3.63) is 27.8 Å². The number of benzene rings is 1. The third-order valence-corrected chi connectivity index (χ3v) is 3.81. The normalized spacial score (nSPS) is 12.6. The van der Waals surface area contributed by atoms with E-state index in [1.54, 1.807) is 7.11 Å².